The number of rotatable bonds is 0. The molecule has 0 aliphatic carbocycles. The van der Waals surface area contributed by atoms with E-state index in [9.17, 15) is 5.11 Å². The van der Waals surface area contributed by atoms with E-state index in [1.54, 1.807) is 12.3 Å². The highest BCUT2D eigenvalue weighted by Gasteiger charge is 2.11. The van der Waals surface area contributed by atoms with Crippen LogP contribution in [0.2, 0.25) is 0 Å². The maximum atomic E-state index is 9.47. The number of aromatic hydroxyl groups is 1. The van der Waals surface area contributed by atoms with Gasteiger partial charge in [0.1, 0.15) is 12.4 Å². The summed E-state index contributed by atoms with van der Waals surface area (Å²) in [6.45, 7) is 2.49. The van der Waals surface area contributed by atoms with Gasteiger partial charge in [0, 0.05) is 5.56 Å². The van der Waals surface area contributed by atoms with Crippen molar-refractivity contribution >= 4 is 6.08 Å². The van der Waals surface area contributed by atoms with Crippen LogP contribution in [-0.4, -0.2) is 5.11 Å². The molecule has 1 aliphatic heterocycles. The Hall–Kier alpha value is -1.44. The van der Waals surface area contributed by atoms with E-state index in [0.29, 0.717) is 12.4 Å². The first-order chi connectivity index (χ1) is 5.79. The van der Waals surface area contributed by atoms with Crippen LogP contribution >= 0.6 is 0 Å². The highest BCUT2D eigenvalue weighted by atomic mass is 16.5. The fourth-order valence-corrected chi connectivity index (χ4v) is 1.40. The summed E-state index contributed by atoms with van der Waals surface area (Å²) in [6.07, 6.45) is 3.54. The molecule has 2 rings (SSSR count). The van der Waals surface area contributed by atoms with Gasteiger partial charge in [-0.2, -0.15) is 0 Å². The molecule has 0 aromatic heterocycles. The standard InChI is InChI=1S/C10H10O2/c1-7-2-3-10(11)9-6-12-5-4-8(7)9/h2-5,11H,6H2,1H3. The molecule has 0 fully saturated rings. The Morgan fingerprint density at radius 1 is 1.42 bits per heavy atom. The van der Waals surface area contributed by atoms with Crippen LogP contribution in [0, 0.1) is 6.92 Å². The molecule has 0 unspecified atom stereocenters. The predicted molar refractivity (Wildman–Crippen MR) is 46.7 cm³/mol. The van der Waals surface area contributed by atoms with Gasteiger partial charge < -0.3 is 9.84 Å². The van der Waals surface area contributed by atoms with Crippen LogP contribution in [0.25, 0.3) is 6.08 Å². The Balaban J connectivity index is 2.67. The van der Waals surface area contributed by atoms with E-state index in [0.717, 1.165) is 11.1 Å². The van der Waals surface area contributed by atoms with Crippen LogP contribution in [0.15, 0.2) is 18.4 Å². The van der Waals surface area contributed by atoms with Gasteiger partial charge in [-0.1, -0.05) is 6.07 Å². The molecule has 1 aromatic rings. The molecule has 2 heteroatoms. The maximum Gasteiger partial charge on any atom is 0.122 e. The molecule has 1 aromatic carbocycles. The first-order valence-electron chi connectivity index (χ1n) is 3.88. The van der Waals surface area contributed by atoms with E-state index in [2.05, 4.69) is 0 Å². The van der Waals surface area contributed by atoms with Gasteiger partial charge >= 0.3 is 0 Å². The summed E-state index contributed by atoms with van der Waals surface area (Å²) in [6, 6.07) is 3.61. The lowest BCUT2D eigenvalue weighted by Crippen LogP contribution is -1.98. The summed E-state index contributed by atoms with van der Waals surface area (Å²) in [5.74, 6) is 0.319. The van der Waals surface area contributed by atoms with Crippen molar-refractivity contribution in [3.05, 3.63) is 35.1 Å². The van der Waals surface area contributed by atoms with Gasteiger partial charge in [-0.3, -0.25) is 0 Å². The monoisotopic (exact) mass is 162 g/mol. The second-order valence-corrected chi connectivity index (χ2v) is 2.91. The van der Waals surface area contributed by atoms with E-state index in [1.807, 2.05) is 19.1 Å². The Labute approximate surface area is 71.1 Å². The molecule has 0 amide bonds. The Bertz CT molecular complexity index is 340. The number of phenols is 1. The Morgan fingerprint density at radius 3 is 3.00 bits per heavy atom. The third-order valence-corrected chi connectivity index (χ3v) is 2.11. The van der Waals surface area contributed by atoms with Gasteiger partial charge in [0.15, 0.2) is 0 Å². The summed E-state index contributed by atoms with van der Waals surface area (Å²) in [7, 11) is 0. The lowest BCUT2D eigenvalue weighted by atomic mass is 10.0. The second kappa shape index (κ2) is 2.55. The number of hydrogen-bond acceptors (Lipinski definition) is 2. The van der Waals surface area contributed by atoms with Crippen molar-refractivity contribution in [2.45, 2.75) is 13.5 Å². The zero-order chi connectivity index (χ0) is 8.55. The van der Waals surface area contributed by atoms with Gasteiger partial charge in [0.25, 0.3) is 0 Å². The zero-order valence-corrected chi connectivity index (χ0v) is 6.87. The van der Waals surface area contributed by atoms with Gasteiger partial charge in [0.05, 0.1) is 6.26 Å². The molecular weight excluding hydrogens is 152 g/mol. The van der Waals surface area contributed by atoms with Crippen molar-refractivity contribution < 1.29 is 9.84 Å². The smallest absolute Gasteiger partial charge is 0.122 e. The molecule has 1 aliphatic rings. The first kappa shape index (κ1) is 7.22. The van der Waals surface area contributed by atoms with Crippen molar-refractivity contribution in [3.63, 3.8) is 0 Å². The fraction of sp³-hybridized carbons (Fsp3) is 0.200. The third kappa shape index (κ3) is 0.961. The Morgan fingerprint density at radius 2 is 2.25 bits per heavy atom. The van der Waals surface area contributed by atoms with E-state index < -0.39 is 0 Å². The van der Waals surface area contributed by atoms with Crippen LogP contribution in [0.3, 0.4) is 0 Å². The van der Waals surface area contributed by atoms with Crippen LogP contribution in [0.1, 0.15) is 16.7 Å². The number of aryl methyl sites for hydroxylation is 1. The molecule has 0 bridgehead atoms. The number of phenolic OH excluding ortho intramolecular Hbond substituents is 1. The highest BCUT2D eigenvalue weighted by molar-refractivity contribution is 5.61. The summed E-state index contributed by atoms with van der Waals surface area (Å²) < 4.78 is 5.09. The van der Waals surface area contributed by atoms with E-state index in [1.165, 1.54) is 5.56 Å². The summed E-state index contributed by atoms with van der Waals surface area (Å²) >= 11 is 0. The minimum atomic E-state index is 0.319. The minimum Gasteiger partial charge on any atom is -0.508 e. The molecule has 1 N–H and O–H groups in total. The average molecular weight is 162 g/mol. The van der Waals surface area contributed by atoms with E-state index in [4.69, 9.17) is 4.74 Å². The highest BCUT2D eigenvalue weighted by Crippen LogP contribution is 2.28. The number of hydrogen-bond donors (Lipinski definition) is 1. The van der Waals surface area contributed by atoms with Crippen LogP contribution in [-0.2, 0) is 11.3 Å². The van der Waals surface area contributed by atoms with E-state index >= 15 is 0 Å². The summed E-state index contributed by atoms with van der Waals surface area (Å²) in [5, 5.41) is 9.47. The van der Waals surface area contributed by atoms with Gasteiger partial charge in [0.2, 0.25) is 0 Å². The first-order valence-corrected chi connectivity index (χ1v) is 3.88. The van der Waals surface area contributed by atoms with Crippen LogP contribution < -0.4 is 0 Å². The fourth-order valence-electron chi connectivity index (χ4n) is 1.40. The van der Waals surface area contributed by atoms with E-state index in [-0.39, 0.29) is 0 Å². The molecule has 1 heterocycles. The van der Waals surface area contributed by atoms with Crippen molar-refractivity contribution in [3.8, 4) is 5.75 Å². The van der Waals surface area contributed by atoms with Crippen molar-refractivity contribution in [2.75, 3.05) is 0 Å². The Kier molecular flexibility index (Phi) is 1.54. The molecular formula is C10H10O2. The number of fused-ring (bicyclic) bond motifs is 1. The van der Waals surface area contributed by atoms with Crippen molar-refractivity contribution in [1.82, 2.24) is 0 Å². The second-order valence-electron chi connectivity index (χ2n) is 2.91. The largest absolute Gasteiger partial charge is 0.508 e. The third-order valence-electron chi connectivity index (χ3n) is 2.11. The maximum absolute atomic E-state index is 9.47. The summed E-state index contributed by atoms with van der Waals surface area (Å²) in [5.41, 5.74) is 3.14. The summed E-state index contributed by atoms with van der Waals surface area (Å²) in [4.78, 5) is 0. The average Bonchev–Trinajstić information content (AvgIpc) is 2.12. The van der Waals surface area contributed by atoms with Crippen LogP contribution in [0.4, 0.5) is 0 Å². The molecule has 2 nitrogen and oxygen atoms in total. The van der Waals surface area contributed by atoms with Crippen molar-refractivity contribution in [2.24, 2.45) is 0 Å². The topological polar surface area (TPSA) is 29.5 Å². The molecule has 0 atom stereocenters. The lowest BCUT2D eigenvalue weighted by Gasteiger charge is -2.14. The van der Waals surface area contributed by atoms with Gasteiger partial charge in [-0.05, 0) is 30.2 Å². The van der Waals surface area contributed by atoms with Gasteiger partial charge in [-0.25, -0.2) is 0 Å². The predicted octanol–water partition coefficient (Wildman–Crippen LogP) is 2.20. The molecule has 0 spiro atoms. The van der Waals surface area contributed by atoms with Crippen LogP contribution in [0.5, 0.6) is 5.75 Å². The lowest BCUT2D eigenvalue weighted by molar-refractivity contribution is 0.230. The quantitative estimate of drug-likeness (QED) is 0.633. The normalized spacial score (nSPS) is 13.8. The molecule has 12 heavy (non-hydrogen) atoms. The molecule has 0 saturated heterocycles. The number of ether oxygens (including phenoxy) is 1. The number of benzene rings is 1. The molecule has 0 saturated carbocycles. The SMILES string of the molecule is Cc1ccc(O)c2c1C=COC2. The minimum absolute atomic E-state index is 0.319. The molecule has 0 radical (unpaired) electrons. The van der Waals surface area contributed by atoms with Crippen molar-refractivity contribution in [1.29, 1.82) is 0 Å². The zero-order valence-electron chi connectivity index (χ0n) is 6.87. The molecule has 62 valence electrons. The van der Waals surface area contributed by atoms with Gasteiger partial charge in [-0.15, -0.1) is 0 Å².